The molecule has 21 heavy (non-hydrogen) atoms. The highest BCUT2D eigenvalue weighted by atomic mass is 16.5. The van der Waals surface area contributed by atoms with E-state index in [0.29, 0.717) is 13.2 Å². The summed E-state index contributed by atoms with van der Waals surface area (Å²) in [5.41, 5.74) is 0.914. The maximum Gasteiger partial charge on any atom is 0.310 e. The first-order valence-corrected chi connectivity index (χ1v) is 7.45. The van der Waals surface area contributed by atoms with E-state index in [1.807, 2.05) is 31.2 Å². The average molecular weight is 293 g/mol. The van der Waals surface area contributed by atoms with E-state index < -0.39 is 0 Å². The zero-order valence-electron chi connectivity index (χ0n) is 12.5. The number of nitrogens with zero attached hydrogens (tertiary/aromatic N) is 1. The molecule has 5 heteroatoms. The van der Waals surface area contributed by atoms with Crippen LogP contribution in [0.4, 0.5) is 0 Å². The molecule has 1 aliphatic heterocycles. The third kappa shape index (κ3) is 5.73. The molecule has 0 N–H and O–H groups in total. The fourth-order valence-electron chi connectivity index (χ4n) is 2.24. The van der Waals surface area contributed by atoms with Gasteiger partial charge >= 0.3 is 5.97 Å². The fraction of sp³-hybridized carbons (Fsp3) is 0.562. The van der Waals surface area contributed by atoms with Crippen molar-refractivity contribution in [3.63, 3.8) is 0 Å². The van der Waals surface area contributed by atoms with Gasteiger partial charge in [0, 0.05) is 19.6 Å². The highest BCUT2D eigenvalue weighted by Gasteiger charge is 2.10. The molecule has 1 aliphatic rings. The minimum atomic E-state index is -0.206. The van der Waals surface area contributed by atoms with Gasteiger partial charge in [-0.05, 0) is 24.6 Å². The van der Waals surface area contributed by atoms with Gasteiger partial charge in [-0.15, -0.1) is 0 Å². The third-order valence-electron chi connectivity index (χ3n) is 3.33. The Balaban J connectivity index is 1.76. The van der Waals surface area contributed by atoms with Gasteiger partial charge < -0.3 is 14.2 Å². The van der Waals surface area contributed by atoms with Crippen LogP contribution in [0.3, 0.4) is 0 Å². The quantitative estimate of drug-likeness (QED) is 0.713. The molecule has 0 amide bonds. The van der Waals surface area contributed by atoms with Crippen LogP contribution in [0.5, 0.6) is 5.75 Å². The Hall–Kier alpha value is -1.59. The number of carbonyl (C=O) groups is 1. The summed E-state index contributed by atoms with van der Waals surface area (Å²) < 4.78 is 16.0. The number of hydrogen-bond donors (Lipinski definition) is 0. The lowest BCUT2D eigenvalue weighted by Crippen LogP contribution is -2.38. The number of benzene rings is 1. The molecule has 0 unspecified atom stereocenters. The van der Waals surface area contributed by atoms with Crippen molar-refractivity contribution >= 4 is 5.97 Å². The molecule has 0 bridgehead atoms. The Morgan fingerprint density at radius 3 is 2.90 bits per heavy atom. The van der Waals surface area contributed by atoms with Gasteiger partial charge in [0.05, 0.1) is 26.2 Å². The highest BCUT2D eigenvalue weighted by molar-refractivity contribution is 5.72. The minimum Gasteiger partial charge on any atom is -0.492 e. The summed E-state index contributed by atoms with van der Waals surface area (Å²) in [7, 11) is 0. The molecule has 5 nitrogen and oxygen atoms in total. The second kappa shape index (κ2) is 8.64. The number of esters is 1. The molecule has 116 valence electrons. The van der Waals surface area contributed by atoms with Crippen LogP contribution >= 0.6 is 0 Å². The van der Waals surface area contributed by atoms with E-state index >= 15 is 0 Å². The van der Waals surface area contributed by atoms with Gasteiger partial charge in [0.2, 0.25) is 0 Å². The number of hydrogen-bond acceptors (Lipinski definition) is 5. The second-order valence-corrected chi connectivity index (χ2v) is 4.93. The van der Waals surface area contributed by atoms with Crippen LogP contribution in [0, 0.1) is 0 Å². The monoisotopic (exact) mass is 293 g/mol. The summed E-state index contributed by atoms with van der Waals surface area (Å²) in [4.78, 5) is 13.8. The number of carbonyl (C=O) groups excluding carboxylic acids is 1. The lowest BCUT2D eigenvalue weighted by molar-refractivity contribution is -0.142. The van der Waals surface area contributed by atoms with E-state index in [9.17, 15) is 4.79 Å². The molecule has 1 aromatic rings. The Morgan fingerprint density at radius 2 is 2.14 bits per heavy atom. The van der Waals surface area contributed by atoms with Gasteiger partial charge in [-0.3, -0.25) is 9.69 Å². The smallest absolute Gasteiger partial charge is 0.310 e. The maximum absolute atomic E-state index is 11.5. The van der Waals surface area contributed by atoms with Crippen molar-refractivity contribution in [3.8, 4) is 5.75 Å². The molecule has 0 spiro atoms. The molecule has 0 atom stereocenters. The molecule has 2 rings (SSSR count). The van der Waals surface area contributed by atoms with Crippen LogP contribution in [0.2, 0.25) is 0 Å². The van der Waals surface area contributed by atoms with Gasteiger partial charge in [0.25, 0.3) is 0 Å². The molecule has 1 fully saturated rings. The van der Waals surface area contributed by atoms with Crippen LogP contribution in [-0.4, -0.2) is 56.9 Å². The summed E-state index contributed by atoms with van der Waals surface area (Å²) in [5, 5.41) is 0. The van der Waals surface area contributed by atoms with E-state index in [-0.39, 0.29) is 12.4 Å². The standard InChI is InChI=1S/C16H23NO4/c1-2-20-16(18)13-14-4-3-5-15(12-14)21-11-8-17-6-9-19-10-7-17/h3-5,12H,2,6-11,13H2,1H3. The van der Waals surface area contributed by atoms with E-state index in [4.69, 9.17) is 14.2 Å². The van der Waals surface area contributed by atoms with Crippen molar-refractivity contribution in [2.24, 2.45) is 0 Å². The Labute approximate surface area is 125 Å². The fourth-order valence-corrected chi connectivity index (χ4v) is 2.24. The molecule has 0 aliphatic carbocycles. The van der Waals surface area contributed by atoms with Crippen molar-refractivity contribution in [3.05, 3.63) is 29.8 Å². The molecule has 0 aromatic heterocycles. The van der Waals surface area contributed by atoms with Crippen molar-refractivity contribution in [1.82, 2.24) is 4.90 Å². The molecule has 0 radical (unpaired) electrons. The van der Waals surface area contributed by atoms with Crippen molar-refractivity contribution < 1.29 is 19.0 Å². The Kier molecular flexibility index (Phi) is 6.50. The summed E-state index contributed by atoms with van der Waals surface area (Å²) in [6.45, 7) is 7.29. The first-order chi connectivity index (χ1) is 10.3. The van der Waals surface area contributed by atoms with Gasteiger partial charge in [-0.2, -0.15) is 0 Å². The zero-order valence-corrected chi connectivity index (χ0v) is 12.5. The van der Waals surface area contributed by atoms with Gasteiger partial charge in [-0.1, -0.05) is 12.1 Å². The first kappa shape index (κ1) is 15.8. The Morgan fingerprint density at radius 1 is 1.33 bits per heavy atom. The van der Waals surface area contributed by atoms with Crippen LogP contribution in [0.25, 0.3) is 0 Å². The average Bonchev–Trinajstić information content (AvgIpc) is 2.49. The molecule has 1 saturated heterocycles. The van der Waals surface area contributed by atoms with Gasteiger partial charge in [-0.25, -0.2) is 0 Å². The number of rotatable bonds is 7. The predicted octanol–water partition coefficient (Wildman–Crippen LogP) is 1.50. The second-order valence-electron chi connectivity index (χ2n) is 4.93. The lowest BCUT2D eigenvalue weighted by atomic mass is 10.1. The van der Waals surface area contributed by atoms with Crippen molar-refractivity contribution in [2.75, 3.05) is 46.1 Å². The Bertz CT molecular complexity index is 444. The van der Waals surface area contributed by atoms with Crippen molar-refractivity contribution in [2.45, 2.75) is 13.3 Å². The minimum absolute atomic E-state index is 0.206. The van der Waals surface area contributed by atoms with Crippen LogP contribution in [-0.2, 0) is 20.7 Å². The van der Waals surface area contributed by atoms with Gasteiger partial charge in [0.15, 0.2) is 0 Å². The van der Waals surface area contributed by atoms with E-state index in [2.05, 4.69) is 4.90 Å². The number of ether oxygens (including phenoxy) is 3. The zero-order chi connectivity index (χ0) is 14.9. The van der Waals surface area contributed by atoms with E-state index in [0.717, 1.165) is 44.2 Å². The van der Waals surface area contributed by atoms with Crippen molar-refractivity contribution in [1.29, 1.82) is 0 Å². The normalized spacial score (nSPS) is 15.7. The van der Waals surface area contributed by atoms with E-state index in [1.165, 1.54) is 0 Å². The van der Waals surface area contributed by atoms with Crippen LogP contribution < -0.4 is 4.74 Å². The molecule has 1 aromatic carbocycles. The predicted molar refractivity (Wildman–Crippen MR) is 79.5 cm³/mol. The summed E-state index contributed by atoms with van der Waals surface area (Å²) in [6.07, 6.45) is 0.286. The van der Waals surface area contributed by atoms with Crippen LogP contribution in [0.1, 0.15) is 12.5 Å². The van der Waals surface area contributed by atoms with Gasteiger partial charge in [0.1, 0.15) is 12.4 Å². The SMILES string of the molecule is CCOC(=O)Cc1cccc(OCCN2CCOCC2)c1. The highest BCUT2D eigenvalue weighted by Crippen LogP contribution is 2.14. The lowest BCUT2D eigenvalue weighted by Gasteiger charge is -2.26. The van der Waals surface area contributed by atoms with Crippen LogP contribution in [0.15, 0.2) is 24.3 Å². The van der Waals surface area contributed by atoms with E-state index in [1.54, 1.807) is 0 Å². The third-order valence-corrected chi connectivity index (χ3v) is 3.33. The largest absolute Gasteiger partial charge is 0.492 e. The molecule has 1 heterocycles. The first-order valence-electron chi connectivity index (χ1n) is 7.45. The molecule has 0 saturated carbocycles. The summed E-state index contributed by atoms with van der Waals surface area (Å²) in [6, 6.07) is 7.62. The maximum atomic E-state index is 11.5. The summed E-state index contributed by atoms with van der Waals surface area (Å²) >= 11 is 0. The number of morpholine rings is 1. The summed E-state index contributed by atoms with van der Waals surface area (Å²) in [5.74, 6) is 0.591. The topological polar surface area (TPSA) is 48.0 Å². The molecular weight excluding hydrogens is 270 g/mol. The molecular formula is C16H23NO4.